The van der Waals surface area contributed by atoms with Gasteiger partial charge in [0.05, 0.1) is 6.10 Å². The first-order valence-electron chi connectivity index (χ1n) is 8.24. The van der Waals surface area contributed by atoms with Crippen molar-refractivity contribution in [3.05, 3.63) is 35.9 Å². The first-order valence-corrected chi connectivity index (χ1v) is 8.24. The van der Waals surface area contributed by atoms with Crippen LogP contribution in [0.25, 0.3) is 0 Å². The molecule has 0 saturated carbocycles. The Morgan fingerprint density at radius 2 is 2.09 bits per heavy atom. The lowest BCUT2D eigenvalue weighted by atomic mass is 9.79. The number of piperidine rings is 1. The van der Waals surface area contributed by atoms with Crippen LogP contribution in [0.2, 0.25) is 0 Å². The highest BCUT2D eigenvalue weighted by molar-refractivity contribution is 5.15. The molecular formula is C18H27NO3. The minimum absolute atomic E-state index is 0.0569. The van der Waals surface area contributed by atoms with Gasteiger partial charge in [0.15, 0.2) is 6.29 Å². The maximum Gasteiger partial charge on any atom is 0.185 e. The third-order valence-electron chi connectivity index (χ3n) is 5.20. The van der Waals surface area contributed by atoms with Crippen molar-refractivity contribution in [2.24, 2.45) is 11.8 Å². The molecule has 4 nitrogen and oxygen atoms in total. The van der Waals surface area contributed by atoms with Gasteiger partial charge in [-0.3, -0.25) is 4.90 Å². The lowest BCUT2D eigenvalue weighted by Gasteiger charge is -2.43. The predicted molar refractivity (Wildman–Crippen MR) is 85.3 cm³/mol. The molecule has 4 heteroatoms. The molecular weight excluding hydrogens is 278 g/mol. The summed E-state index contributed by atoms with van der Waals surface area (Å²) >= 11 is 0. The summed E-state index contributed by atoms with van der Waals surface area (Å²) in [5.41, 5.74) is 1.31. The number of benzene rings is 1. The van der Waals surface area contributed by atoms with Crippen LogP contribution in [0.3, 0.4) is 0 Å². The minimum atomic E-state index is -0.271. The summed E-state index contributed by atoms with van der Waals surface area (Å²) in [6.45, 7) is 5.97. The molecule has 22 heavy (non-hydrogen) atoms. The van der Waals surface area contributed by atoms with Gasteiger partial charge >= 0.3 is 0 Å². The van der Waals surface area contributed by atoms with E-state index in [4.69, 9.17) is 9.47 Å². The average Bonchev–Trinajstić information content (AvgIpc) is 3.29. The van der Waals surface area contributed by atoms with Crippen molar-refractivity contribution in [1.82, 2.24) is 4.90 Å². The molecule has 122 valence electrons. The fraction of sp³-hybridized carbons (Fsp3) is 0.667. The van der Waals surface area contributed by atoms with Crippen molar-refractivity contribution in [3.8, 4) is 0 Å². The largest absolute Gasteiger partial charge is 0.393 e. The zero-order chi connectivity index (χ0) is 15.7. The van der Waals surface area contributed by atoms with Gasteiger partial charge < -0.3 is 14.6 Å². The van der Waals surface area contributed by atoms with Gasteiger partial charge in [0, 0.05) is 26.2 Å². The number of hydrogen-bond acceptors (Lipinski definition) is 4. The van der Waals surface area contributed by atoms with E-state index in [-0.39, 0.29) is 18.5 Å². The second kappa shape index (κ2) is 6.67. The summed E-state index contributed by atoms with van der Waals surface area (Å²) in [6, 6.07) is 10.9. The van der Waals surface area contributed by atoms with Crippen LogP contribution in [0.15, 0.2) is 30.3 Å². The van der Waals surface area contributed by atoms with E-state index < -0.39 is 0 Å². The molecule has 6 atom stereocenters. The van der Waals surface area contributed by atoms with Crippen molar-refractivity contribution in [1.29, 1.82) is 0 Å². The summed E-state index contributed by atoms with van der Waals surface area (Å²) < 4.78 is 11.0. The van der Waals surface area contributed by atoms with Crippen LogP contribution in [0.4, 0.5) is 0 Å². The highest BCUT2D eigenvalue weighted by atomic mass is 16.8. The Balaban J connectivity index is 1.74. The summed E-state index contributed by atoms with van der Waals surface area (Å²) in [5.74, 6) is 0.818. The Morgan fingerprint density at radius 1 is 1.36 bits per heavy atom. The zero-order valence-electron chi connectivity index (χ0n) is 13.7. The molecule has 0 radical (unpaired) electrons. The van der Waals surface area contributed by atoms with Gasteiger partial charge in [-0.1, -0.05) is 37.3 Å². The van der Waals surface area contributed by atoms with Gasteiger partial charge in [-0.05, 0) is 30.7 Å². The Morgan fingerprint density at radius 3 is 2.68 bits per heavy atom. The molecule has 2 fully saturated rings. The van der Waals surface area contributed by atoms with E-state index in [9.17, 15) is 5.11 Å². The highest BCUT2D eigenvalue weighted by Crippen LogP contribution is 2.39. The number of aliphatic hydroxyl groups excluding tert-OH is 1. The average molecular weight is 305 g/mol. The topological polar surface area (TPSA) is 45.2 Å². The standard InChI is InChI=1S/C18H27NO3/c1-12-9-16(17-18(21-3)22-17)19(11-15(12)13(2)20)10-14-7-5-4-6-8-14/h4-8,12-13,15-18,20H,9-11H2,1-3H3/t12?,13?,15-,16+,17?,18?/m0/s1. The zero-order valence-corrected chi connectivity index (χ0v) is 13.7. The summed E-state index contributed by atoms with van der Waals surface area (Å²) in [4.78, 5) is 2.47. The van der Waals surface area contributed by atoms with Crippen LogP contribution in [-0.2, 0) is 16.0 Å². The Bertz CT molecular complexity index is 478. The van der Waals surface area contributed by atoms with E-state index in [2.05, 4.69) is 36.1 Å². The molecule has 0 aromatic heterocycles. The van der Waals surface area contributed by atoms with E-state index in [0.29, 0.717) is 17.9 Å². The number of methoxy groups -OCH3 is 1. The third kappa shape index (κ3) is 3.35. The molecule has 1 aromatic rings. The Labute approximate surface area is 133 Å². The summed E-state index contributed by atoms with van der Waals surface area (Å²) in [6.07, 6.45) is 0.893. The molecule has 4 unspecified atom stereocenters. The van der Waals surface area contributed by atoms with E-state index >= 15 is 0 Å². The van der Waals surface area contributed by atoms with E-state index in [1.165, 1.54) is 5.56 Å². The van der Waals surface area contributed by atoms with Crippen molar-refractivity contribution in [2.45, 2.75) is 51.4 Å². The van der Waals surface area contributed by atoms with Crippen molar-refractivity contribution >= 4 is 0 Å². The van der Waals surface area contributed by atoms with Crippen molar-refractivity contribution in [3.63, 3.8) is 0 Å². The van der Waals surface area contributed by atoms with Crippen LogP contribution in [0.1, 0.15) is 25.8 Å². The first-order chi connectivity index (χ1) is 10.6. The Hall–Kier alpha value is -0.940. The predicted octanol–water partition coefficient (Wildman–Crippen LogP) is 2.27. The molecule has 2 aliphatic rings. The molecule has 1 N–H and O–H groups in total. The molecule has 2 aliphatic heterocycles. The summed E-state index contributed by atoms with van der Waals surface area (Å²) in [7, 11) is 1.71. The van der Waals surface area contributed by atoms with Gasteiger partial charge in [-0.25, -0.2) is 0 Å². The molecule has 1 aromatic carbocycles. The molecule has 3 rings (SSSR count). The lowest BCUT2D eigenvalue weighted by molar-refractivity contribution is -0.0110. The van der Waals surface area contributed by atoms with E-state index in [0.717, 1.165) is 19.5 Å². The fourth-order valence-corrected chi connectivity index (χ4v) is 3.83. The number of epoxide rings is 1. The SMILES string of the molecule is COC1OC1[C@H]1CC(C)[C@@H](C(C)O)CN1Cc1ccccc1. The van der Waals surface area contributed by atoms with Gasteiger partial charge in [0.25, 0.3) is 0 Å². The number of hydrogen-bond donors (Lipinski definition) is 1. The molecule has 0 spiro atoms. The number of nitrogens with zero attached hydrogens (tertiary/aromatic N) is 1. The lowest BCUT2D eigenvalue weighted by Crippen LogP contribution is -2.51. The van der Waals surface area contributed by atoms with Gasteiger partial charge in [0.2, 0.25) is 0 Å². The maximum absolute atomic E-state index is 10.1. The van der Waals surface area contributed by atoms with E-state index in [1.54, 1.807) is 7.11 Å². The minimum Gasteiger partial charge on any atom is -0.393 e. The fourth-order valence-electron chi connectivity index (χ4n) is 3.83. The number of likely N-dealkylation sites (tertiary alicyclic amines) is 1. The molecule has 2 saturated heterocycles. The second-order valence-corrected chi connectivity index (χ2v) is 6.80. The van der Waals surface area contributed by atoms with Crippen LogP contribution in [0, 0.1) is 11.8 Å². The van der Waals surface area contributed by atoms with Gasteiger partial charge in [-0.2, -0.15) is 0 Å². The molecule has 0 bridgehead atoms. The second-order valence-electron chi connectivity index (χ2n) is 6.80. The van der Waals surface area contributed by atoms with Gasteiger partial charge in [-0.15, -0.1) is 0 Å². The molecule has 2 heterocycles. The smallest absolute Gasteiger partial charge is 0.185 e. The molecule has 0 aliphatic carbocycles. The van der Waals surface area contributed by atoms with Crippen LogP contribution in [-0.4, -0.2) is 48.2 Å². The number of aliphatic hydroxyl groups is 1. The van der Waals surface area contributed by atoms with Crippen molar-refractivity contribution in [2.75, 3.05) is 13.7 Å². The normalized spacial score (nSPS) is 37.0. The van der Waals surface area contributed by atoms with Crippen LogP contribution < -0.4 is 0 Å². The maximum atomic E-state index is 10.1. The van der Waals surface area contributed by atoms with Crippen LogP contribution in [0.5, 0.6) is 0 Å². The quantitative estimate of drug-likeness (QED) is 0.848. The highest BCUT2D eigenvalue weighted by Gasteiger charge is 2.50. The first kappa shape index (κ1) is 15.9. The number of rotatable bonds is 5. The third-order valence-corrected chi connectivity index (χ3v) is 5.20. The number of ether oxygens (including phenoxy) is 2. The monoisotopic (exact) mass is 305 g/mol. The van der Waals surface area contributed by atoms with Crippen molar-refractivity contribution < 1.29 is 14.6 Å². The van der Waals surface area contributed by atoms with Gasteiger partial charge in [0.1, 0.15) is 6.10 Å². The summed E-state index contributed by atoms with van der Waals surface area (Å²) in [5, 5.41) is 10.1. The Kier molecular flexibility index (Phi) is 4.83. The van der Waals surface area contributed by atoms with Crippen LogP contribution >= 0.6 is 0 Å². The molecule has 0 amide bonds. The van der Waals surface area contributed by atoms with E-state index in [1.807, 2.05) is 13.0 Å².